The molecule has 140 heavy (non-hydrogen) atoms. The van der Waals surface area contributed by atoms with Crippen molar-refractivity contribution in [3.63, 3.8) is 0 Å². The third kappa shape index (κ3) is 35.7. The second-order valence-electron chi connectivity index (χ2n) is 38.4. The molecule has 0 aliphatic carbocycles. The average Bonchev–Trinajstić information content (AvgIpc) is 0.789. The van der Waals surface area contributed by atoms with Crippen molar-refractivity contribution in [1.82, 2.24) is 21.3 Å². The summed E-state index contributed by atoms with van der Waals surface area (Å²) in [4.78, 5) is 53.3. The van der Waals surface area contributed by atoms with Crippen LogP contribution >= 0.6 is 0 Å². The van der Waals surface area contributed by atoms with Crippen LogP contribution < -0.4 is 21.3 Å². The fourth-order valence-electron chi connectivity index (χ4n) is 19.0. The molecule has 16 unspecified atom stereocenters. The Labute approximate surface area is 818 Å². The van der Waals surface area contributed by atoms with E-state index < -0.39 is 328 Å². The number of hydrogen-bond donors (Lipinski definition) is 26. The van der Waals surface area contributed by atoms with Gasteiger partial charge in [-0.25, -0.2) is 0 Å². The molecule has 0 bridgehead atoms. The van der Waals surface area contributed by atoms with E-state index in [0.29, 0.717) is 12.8 Å². The van der Waals surface area contributed by atoms with Crippen LogP contribution in [0, 0.1) is 0 Å². The van der Waals surface area contributed by atoms with E-state index >= 15 is 0 Å². The van der Waals surface area contributed by atoms with E-state index in [9.17, 15) is 132 Å². The lowest BCUT2D eigenvalue weighted by Crippen LogP contribution is -2.71. The molecular weight excluding hydrogens is 1860 g/mol. The van der Waals surface area contributed by atoms with E-state index in [4.69, 9.17) is 75.8 Å². The van der Waals surface area contributed by atoms with Crippen LogP contribution in [-0.4, -0.2) is 446 Å². The molecule has 46 nitrogen and oxygen atoms in total. The fourth-order valence-corrected chi connectivity index (χ4v) is 19.0. The second-order valence-corrected chi connectivity index (χ2v) is 38.4. The molecular formula is C94H168N4O42. The van der Waals surface area contributed by atoms with Crippen LogP contribution in [-0.2, 0) is 95.0 Å². The summed E-state index contributed by atoms with van der Waals surface area (Å²) in [7, 11) is 0. The number of carbonyl (C=O) groups excluding carboxylic acids is 4. The molecule has 4 amide bonds. The highest BCUT2D eigenvalue weighted by molar-refractivity contribution is 5.76. The third-order valence-corrected chi connectivity index (χ3v) is 27.3. The SMILES string of the molecule is CCCCCCCCCCCCC/C=C/[C@@H](O)[C@H](CO[C@@H]1OC(CO)[C@@H](O[C@@H]2OC(CO)[C@H](O)[C@H](O[C@@H]3OC(CO)[C@@H](O)[C@H](O[C@@H]4OC(CO[C@@H]5OC(CO)[C@@H](O)[C@H](O)C5NC(C)=O)[C@H](O)[C@H](O[C@@H]5OC(CO)[C@@H](O)[C@H](O[C@@H]6OC(CO)[C@H](O)[C@H](O)C6O[C@H]6OC(C)[C@@H](O)C(O)[C@@H]6O)C5NC(C)=O)C4O)C3NC(C)=O)C2O)[C@H](O)C1O)NC(=O)CCCCCCCCCCCCCCCCCCCCC. The van der Waals surface area contributed by atoms with E-state index in [2.05, 4.69) is 35.1 Å². The van der Waals surface area contributed by atoms with Gasteiger partial charge < -0.3 is 209 Å². The molecule has 0 aromatic heterocycles. The summed E-state index contributed by atoms with van der Waals surface area (Å²) in [5, 5.41) is 261. The summed E-state index contributed by atoms with van der Waals surface area (Å²) < 4.78 is 96.9. The van der Waals surface area contributed by atoms with Crippen molar-refractivity contribution < 1.29 is 207 Å². The van der Waals surface area contributed by atoms with Gasteiger partial charge in [0.15, 0.2) is 50.3 Å². The van der Waals surface area contributed by atoms with E-state index in [0.717, 1.165) is 78.6 Å². The van der Waals surface area contributed by atoms with Gasteiger partial charge in [0, 0.05) is 27.2 Å². The first kappa shape index (κ1) is 121. The Morgan fingerprint density at radius 3 is 1.08 bits per heavy atom. The number of hydrogen-bond acceptors (Lipinski definition) is 42. The maximum Gasteiger partial charge on any atom is 0.220 e. The highest BCUT2D eigenvalue weighted by Gasteiger charge is 2.61. The van der Waals surface area contributed by atoms with Crippen LogP contribution in [0.4, 0.5) is 0 Å². The van der Waals surface area contributed by atoms with Gasteiger partial charge in [0.2, 0.25) is 23.6 Å². The number of aliphatic hydroxyl groups is 22. The van der Waals surface area contributed by atoms with Gasteiger partial charge in [-0.05, 0) is 26.2 Å². The van der Waals surface area contributed by atoms with Crippen LogP contribution in [0.3, 0.4) is 0 Å². The van der Waals surface area contributed by atoms with Crippen molar-refractivity contribution >= 4 is 23.6 Å². The van der Waals surface area contributed by atoms with Gasteiger partial charge >= 0.3 is 0 Å². The zero-order valence-electron chi connectivity index (χ0n) is 81.7. The molecule has 8 fully saturated rings. The van der Waals surface area contributed by atoms with Crippen LogP contribution in [0.1, 0.15) is 247 Å². The number of carbonyl (C=O) groups is 4. The fraction of sp³-hybridized carbons (Fsp3) is 0.936. The molecule has 8 aliphatic rings. The molecule has 46 heteroatoms. The molecule has 26 N–H and O–H groups in total. The summed E-state index contributed by atoms with van der Waals surface area (Å²) in [5.74, 6) is -3.15. The number of unbranched alkanes of at least 4 members (excludes halogenated alkanes) is 29. The summed E-state index contributed by atoms with van der Waals surface area (Å²) in [5.41, 5.74) is 0. The number of ether oxygens (including phenoxy) is 16. The lowest BCUT2D eigenvalue weighted by molar-refractivity contribution is -0.392. The van der Waals surface area contributed by atoms with Crippen molar-refractivity contribution in [1.29, 1.82) is 0 Å². The number of allylic oxidation sites excluding steroid dienone is 1. The summed E-state index contributed by atoms with van der Waals surface area (Å²) >= 11 is 0. The lowest BCUT2D eigenvalue weighted by atomic mass is 9.93. The van der Waals surface area contributed by atoms with E-state index in [-0.39, 0.29) is 12.3 Å². The Morgan fingerprint density at radius 2 is 0.629 bits per heavy atom. The minimum absolute atomic E-state index is 0.137. The Morgan fingerprint density at radius 1 is 0.300 bits per heavy atom. The predicted molar refractivity (Wildman–Crippen MR) is 488 cm³/mol. The van der Waals surface area contributed by atoms with Gasteiger partial charge in [-0.3, -0.25) is 19.2 Å². The monoisotopic (exact) mass is 2030 g/mol. The Balaban J connectivity index is 0.992. The van der Waals surface area contributed by atoms with E-state index in [1.165, 1.54) is 135 Å². The van der Waals surface area contributed by atoms with E-state index in [1.54, 1.807) is 6.08 Å². The zero-order chi connectivity index (χ0) is 102. The quantitative estimate of drug-likeness (QED) is 0.0204. The van der Waals surface area contributed by atoms with Crippen LogP contribution in [0.15, 0.2) is 12.2 Å². The molecule has 0 aromatic rings. The largest absolute Gasteiger partial charge is 0.394 e. The van der Waals surface area contributed by atoms with Gasteiger partial charge in [-0.2, -0.15) is 0 Å². The van der Waals surface area contributed by atoms with Gasteiger partial charge in [-0.15, -0.1) is 0 Å². The smallest absolute Gasteiger partial charge is 0.220 e. The summed E-state index contributed by atoms with van der Waals surface area (Å²) in [6.07, 6.45) is -37.3. The van der Waals surface area contributed by atoms with Crippen LogP contribution in [0.2, 0.25) is 0 Å². The van der Waals surface area contributed by atoms with Crippen molar-refractivity contribution in [2.75, 3.05) is 52.9 Å². The molecule has 8 saturated heterocycles. The lowest BCUT2D eigenvalue weighted by Gasteiger charge is -2.51. The maximum absolute atomic E-state index is 13.7. The van der Waals surface area contributed by atoms with Gasteiger partial charge in [0.05, 0.1) is 71.1 Å². The van der Waals surface area contributed by atoms with Crippen molar-refractivity contribution in [2.45, 2.75) is 505 Å². The molecule has 8 rings (SSSR count). The highest BCUT2D eigenvalue weighted by Crippen LogP contribution is 2.40. The molecule has 8 heterocycles. The predicted octanol–water partition coefficient (Wildman–Crippen LogP) is -4.04. The maximum atomic E-state index is 13.7. The third-order valence-electron chi connectivity index (χ3n) is 27.3. The second kappa shape index (κ2) is 63.2. The highest BCUT2D eigenvalue weighted by atomic mass is 16.8. The summed E-state index contributed by atoms with van der Waals surface area (Å²) in [6, 6.07) is -6.82. The van der Waals surface area contributed by atoms with E-state index in [1.807, 2.05) is 6.08 Å². The van der Waals surface area contributed by atoms with Crippen molar-refractivity contribution in [2.24, 2.45) is 0 Å². The molecule has 0 saturated carbocycles. The standard InChI is InChI=1S/C94H168N4O42/c1-7-9-11-13-15-17-19-21-22-23-24-25-26-28-30-32-34-36-38-40-62(109)98-53(54(108)39-37-35-33-31-29-27-20-18-16-14-12-10-8-2)47-125-90-78(122)76(120)81(60(46-104)133-90)135-92-79(123)84(71(115)59(45-103)131-92)138-88-64(96-51(5)106)82(69(113)57(43-101)129-88)136-93-80(124)85(72(116)61(134-93)48-126-87-63(95-50(4)105)73(117)67(111)55(41-99)128-87)139-89-65(97-52(6)107)83(70(114)58(44-102)130-89)137-94-86(75(119)68(112)56(42-100)132-94)140-91-77(121)74(118)66(110)49(3)127-91/h37,39,49,53-61,63-94,99-104,108,110-124H,7-36,38,40-48H2,1-6H3,(H,95,105)(H,96,106)(H,97,107)(H,98,109)/b39-37+/t49?,53-,54+,55?,56?,57?,58?,59?,60?,61?,63?,64?,65?,66+,67+,68-,69+,70+,71-,72-,73+,74?,75-,76+,77-,78?,79?,80?,81+,82+,83+,84-,85-,86?,87+,88-,89-,90+,91+,92-,93-,94-/m0/s1. The first-order valence-electron chi connectivity index (χ1n) is 50.8. The average molecular weight is 2030 g/mol. The zero-order valence-corrected chi connectivity index (χ0v) is 81.7. The number of nitrogens with one attached hydrogen (secondary N) is 4. The Bertz CT molecular complexity index is 3460. The molecule has 42 atom stereocenters. The Kier molecular flexibility index (Phi) is 54.7. The normalized spacial score (nSPS) is 38.7. The van der Waals surface area contributed by atoms with Crippen LogP contribution in [0.5, 0.6) is 0 Å². The Hall–Kier alpha value is -3.90. The minimum atomic E-state index is -2.53. The number of rotatable bonds is 62. The van der Waals surface area contributed by atoms with Crippen LogP contribution in [0.25, 0.3) is 0 Å². The van der Waals surface area contributed by atoms with Crippen molar-refractivity contribution in [3.05, 3.63) is 12.2 Å². The van der Waals surface area contributed by atoms with Gasteiger partial charge in [-0.1, -0.05) is 206 Å². The topological polar surface area (TPSA) is 709 Å². The van der Waals surface area contributed by atoms with Gasteiger partial charge in [0.1, 0.15) is 189 Å². The molecule has 816 valence electrons. The summed E-state index contributed by atoms with van der Waals surface area (Å²) in [6.45, 7) is 0.666. The molecule has 0 aromatic carbocycles. The molecule has 0 spiro atoms. The van der Waals surface area contributed by atoms with Crippen molar-refractivity contribution in [3.8, 4) is 0 Å². The minimum Gasteiger partial charge on any atom is -0.394 e. The number of aliphatic hydroxyl groups excluding tert-OH is 22. The van der Waals surface area contributed by atoms with Gasteiger partial charge in [0.25, 0.3) is 0 Å². The number of amides is 4. The molecule has 0 radical (unpaired) electrons. The molecule has 8 aliphatic heterocycles. The first-order valence-corrected chi connectivity index (χ1v) is 50.8. The first-order chi connectivity index (χ1) is 67.1.